The Kier molecular flexibility index (Phi) is 9.80. The third kappa shape index (κ3) is 7.21. The number of aromatic hydroxyl groups is 1. The van der Waals surface area contributed by atoms with Gasteiger partial charge in [0, 0.05) is 53.9 Å². The lowest BCUT2D eigenvalue weighted by Gasteiger charge is -2.27. The molecule has 0 spiro atoms. The maximum atomic E-state index is 11.9. The number of nitrogens with zero attached hydrogens (tertiary/aromatic N) is 2. The van der Waals surface area contributed by atoms with E-state index in [1.807, 2.05) is 26.0 Å². The molecular formula is C38H44N2O6S. The summed E-state index contributed by atoms with van der Waals surface area (Å²) in [7, 11) is -4.62. The minimum Gasteiger partial charge on any atom is -0.744 e. The molecule has 248 valence electrons. The normalized spacial score (nSPS) is 17.5. The van der Waals surface area contributed by atoms with Gasteiger partial charge in [-0.15, -0.1) is 0 Å². The van der Waals surface area contributed by atoms with Crippen LogP contribution in [-0.2, 0) is 32.2 Å². The number of phenolic OH excluding ortho intramolecular Hbond substituents is 1. The number of hydrogen-bond donors (Lipinski definition) is 2. The van der Waals surface area contributed by atoms with Gasteiger partial charge in [0.1, 0.15) is 22.4 Å². The molecule has 2 aliphatic rings. The Hall–Kier alpha value is -4.21. The van der Waals surface area contributed by atoms with E-state index in [2.05, 4.69) is 65.8 Å². The molecule has 0 fully saturated rings. The first-order valence-electron chi connectivity index (χ1n) is 16.2. The summed E-state index contributed by atoms with van der Waals surface area (Å²) in [6.45, 7) is 10.0. The number of phenols is 1. The number of rotatable bonds is 13. The van der Waals surface area contributed by atoms with Crippen molar-refractivity contribution >= 4 is 33.2 Å². The number of unbranched alkanes of at least 4 members (excludes halogenated alkanes) is 2. The number of carbonyl (C=O) groups is 1. The van der Waals surface area contributed by atoms with Gasteiger partial charge in [-0.1, -0.05) is 56.7 Å². The highest BCUT2D eigenvalue weighted by Gasteiger charge is 2.44. The third-order valence-electron chi connectivity index (χ3n) is 9.52. The van der Waals surface area contributed by atoms with Crippen LogP contribution in [0.4, 0.5) is 11.4 Å². The van der Waals surface area contributed by atoms with Crippen LogP contribution in [0.25, 0.3) is 0 Å². The van der Waals surface area contributed by atoms with Crippen LogP contribution in [0.1, 0.15) is 76.5 Å². The van der Waals surface area contributed by atoms with Crippen molar-refractivity contribution in [3.8, 4) is 5.75 Å². The fraction of sp³-hybridized carbons (Fsp3) is 0.368. The quantitative estimate of drug-likeness (QED) is 0.114. The largest absolute Gasteiger partial charge is 0.744 e. The molecule has 0 aromatic heterocycles. The highest BCUT2D eigenvalue weighted by molar-refractivity contribution is 7.85. The van der Waals surface area contributed by atoms with Gasteiger partial charge in [-0.25, -0.2) is 8.42 Å². The van der Waals surface area contributed by atoms with Gasteiger partial charge >= 0.3 is 5.97 Å². The monoisotopic (exact) mass is 656 g/mol. The van der Waals surface area contributed by atoms with Crippen molar-refractivity contribution in [2.24, 2.45) is 0 Å². The summed E-state index contributed by atoms with van der Waals surface area (Å²) < 4.78 is 38.1. The van der Waals surface area contributed by atoms with Crippen LogP contribution in [-0.4, -0.2) is 52.5 Å². The molecule has 5 rings (SSSR count). The number of fused-ring (bicyclic) bond motifs is 2. The summed E-state index contributed by atoms with van der Waals surface area (Å²) >= 11 is 0. The molecule has 0 amide bonds. The molecule has 0 aliphatic carbocycles. The number of para-hydroxylation sites is 1. The van der Waals surface area contributed by atoms with Gasteiger partial charge in [-0.2, -0.15) is 4.58 Å². The van der Waals surface area contributed by atoms with Crippen LogP contribution in [0, 0.1) is 0 Å². The Morgan fingerprint density at radius 2 is 1.64 bits per heavy atom. The van der Waals surface area contributed by atoms with E-state index in [1.54, 1.807) is 18.2 Å². The fourth-order valence-electron chi connectivity index (χ4n) is 6.99. The molecule has 0 saturated heterocycles. The lowest BCUT2D eigenvalue weighted by Crippen LogP contribution is -2.28. The number of hydrogen-bond acceptors (Lipinski definition) is 6. The van der Waals surface area contributed by atoms with E-state index < -0.39 is 21.5 Å². The van der Waals surface area contributed by atoms with Crippen molar-refractivity contribution < 1.29 is 32.6 Å². The smallest absolute Gasteiger partial charge is 0.303 e. The van der Waals surface area contributed by atoms with Gasteiger partial charge in [0.2, 0.25) is 5.69 Å². The average Bonchev–Trinajstić information content (AvgIpc) is 3.36. The summed E-state index contributed by atoms with van der Waals surface area (Å²) in [4.78, 5) is 13.0. The molecule has 0 saturated carbocycles. The fourth-order valence-corrected chi connectivity index (χ4v) is 7.49. The number of aryl methyl sites for hydroxylation is 1. The Morgan fingerprint density at radius 3 is 2.34 bits per heavy atom. The Morgan fingerprint density at radius 1 is 0.915 bits per heavy atom. The standard InChI is InChI=1S/C38H44N2O6S/c1-37(2)30-13-7-8-14-32(30)40(25-11-12-27-18-20-28(41)21-19-27)34(37)15-10-16-35-38(3,4)31-26-29(47(44,45)46)22-23-33(31)39(35)24-9-5-6-17-36(42)43/h7-8,10,13-16,18-23,26H,5-6,9,11-12,17,24-25H2,1-4H3,(H2-,41,42,43,44,45,46). The second-order valence-corrected chi connectivity index (χ2v) is 14.9. The molecule has 2 heterocycles. The summed E-state index contributed by atoms with van der Waals surface area (Å²) in [6, 6.07) is 20.5. The van der Waals surface area contributed by atoms with Crippen LogP contribution < -0.4 is 4.90 Å². The minimum absolute atomic E-state index is 0.125. The summed E-state index contributed by atoms with van der Waals surface area (Å²) in [5, 5.41) is 18.7. The first-order chi connectivity index (χ1) is 22.2. The third-order valence-corrected chi connectivity index (χ3v) is 10.3. The number of carboxylic acids is 1. The maximum absolute atomic E-state index is 11.9. The topological polar surface area (TPSA) is 121 Å². The number of benzene rings is 3. The van der Waals surface area contributed by atoms with Crippen molar-refractivity contribution in [3.05, 3.63) is 107 Å². The van der Waals surface area contributed by atoms with E-state index >= 15 is 0 Å². The van der Waals surface area contributed by atoms with Gasteiger partial charge in [0.25, 0.3) is 0 Å². The van der Waals surface area contributed by atoms with Crippen molar-refractivity contribution in [2.45, 2.75) is 81.9 Å². The SMILES string of the molecule is CC1(C)C(/C=C/C=C2/N(CCCCCC(=O)O)c3ccc(S(=O)(=O)[O-])cc3C2(C)C)=[N+](CCCc2ccc(O)cc2)c2ccccc21. The molecule has 0 bridgehead atoms. The molecule has 0 radical (unpaired) electrons. The summed E-state index contributed by atoms with van der Waals surface area (Å²) in [6.07, 6.45) is 10.4. The van der Waals surface area contributed by atoms with Crippen molar-refractivity contribution in [1.82, 2.24) is 0 Å². The number of aliphatic carboxylic acids is 1. The van der Waals surface area contributed by atoms with Crippen LogP contribution in [0.2, 0.25) is 0 Å². The lowest BCUT2D eigenvalue weighted by molar-refractivity contribution is -0.438. The van der Waals surface area contributed by atoms with E-state index in [0.717, 1.165) is 49.2 Å². The maximum Gasteiger partial charge on any atom is 0.303 e. The van der Waals surface area contributed by atoms with Crippen molar-refractivity contribution in [1.29, 1.82) is 0 Å². The van der Waals surface area contributed by atoms with E-state index in [4.69, 9.17) is 5.11 Å². The molecule has 2 N–H and O–H groups in total. The van der Waals surface area contributed by atoms with E-state index in [1.165, 1.54) is 34.7 Å². The second-order valence-electron chi connectivity index (χ2n) is 13.5. The van der Waals surface area contributed by atoms with Crippen LogP contribution >= 0.6 is 0 Å². The molecule has 47 heavy (non-hydrogen) atoms. The van der Waals surface area contributed by atoms with Crippen LogP contribution in [0.5, 0.6) is 5.75 Å². The molecule has 8 nitrogen and oxygen atoms in total. The highest BCUT2D eigenvalue weighted by atomic mass is 32.2. The molecule has 0 unspecified atom stereocenters. The van der Waals surface area contributed by atoms with Crippen molar-refractivity contribution in [3.63, 3.8) is 0 Å². The Labute approximate surface area is 278 Å². The molecule has 3 aromatic rings. The second kappa shape index (κ2) is 13.5. The predicted octanol–water partition coefficient (Wildman–Crippen LogP) is 7.19. The minimum atomic E-state index is -4.62. The van der Waals surface area contributed by atoms with Crippen molar-refractivity contribution in [2.75, 3.05) is 18.0 Å². The number of anilines is 1. The van der Waals surface area contributed by atoms with E-state index in [0.29, 0.717) is 13.0 Å². The summed E-state index contributed by atoms with van der Waals surface area (Å²) in [5.74, 6) is -0.543. The zero-order chi connectivity index (χ0) is 34.0. The molecule has 3 aromatic carbocycles. The van der Waals surface area contributed by atoms with E-state index in [9.17, 15) is 22.9 Å². The Balaban J connectivity index is 1.48. The van der Waals surface area contributed by atoms with Gasteiger partial charge in [0.05, 0.1) is 10.3 Å². The van der Waals surface area contributed by atoms with Gasteiger partial charge < -0.3 is 19.7 Å². The number of allylic oxidation sites excluding steroid dienone is 4. The molecule has 9 heteroatoms. The molecule has 2 aliphatic heterocycles. The zero-order valence-electron chi connectivity index (χ0n) is 27.6. The van der Waals surface area contributed by atoms with Crippen LogP contribution in [0.3, 0.4) is 0 Å². The lowest BCUT2D eigenvalue weighted by atomic mass is 9.81. The predicted molar refractivity (Wildman–Crippen MR) is 184 cm³/mol. The first kappa shape index (κ1) is 34.1. The first-order valence-corrected chi connectivity index (χ1v) is 17.6. The molecular weight excluding hydrogens is 612 g/mol. The van der Waals surface area contributed by atoms with E-state index in [-0.39, 0.29) is 22.5 Å². The van der Waals surface area contributed by atoms with Gasteiger partial charge in [-0.3, -0.25) is 4.79 Å². The van der Waals surface area contributed by atoms with Gasteiger partial charge in [-0.05, 0) is 80.6 Å². The van der Waals surface area contributed by atoms with Crippen LogP contribution in [0.15, 0.2) is 95.6 Å². The summed E-state index contributed by atoms with van der Waals surface area (Å²) in [5.41, 5.74) is 6.61. The molecule has 0 atom stereocenters. The number of carboxylic acid groups (broad SMARTS) is 1. The zero-order valence-corrected chi connectivity index (χ0v) is 28.4. The Bertz CT molecular complexity index is 1850. The average molecular weight is 657 g/mol. The van der Waals surface area contributed by atoms with Gasteiger partial charge in [0.15, 0.2) is 5.71 Å². The highest BCUT2D eigenvalue weighted by Crippen LogP contribution is 2.48.